The molecule has 2 N–H and O–H groups in total. The second-order valence-corrected chi connectivity index (χ2v) is 7.01. The Kier molecular flexibility index (Phi) is 4.72. The summed E-state index contributed by atoms with van der Waals surface area (Å²) >= 11 is 3.66. The van der Waals surface area contributed by atoms with Crippen molar-refractivity contribution in [2.45, 2.75) is 64.3 Å². The minimum Gasteiger partial charge on any atom is -0.325 e. The van der Waals surface area contributed by atoms with E-state index in [4.69, 9.17) is 5.73 Å². The molecular weight excluding hydrogens is 302 g/mol. The number of hydrogen-bond donors (Lipinski definition) is 1. The molecule has 0 aromatic carbocycles. The van der Waals surface area contributed by atoms with Crippen LogP contribution in [0.1, 0.15) is 56.8 Å². The van der Waals surface area contributed by atoms with Crippen molar-refractivity contribution in [3.63, 3.8) is 0 Å². The summed E-state index contributed by atoms with van der Waals surface area (Å²) in [4.78, 5) is 0. The van der Waals surface area contributed by atoms with Crippen LogP contribution in [0, 0.1) is 12.8 Å². The first-order valence-corrected chi connectivity index (χ1v) is 8.21. The fourth-order valence-electron chi connectivity index (χ4n) is 3.29. The van der Waals surface area contributed by atoms with Gasteiger partial charge in [-0.3, -0.25) is 4.68 Å². The Bertz CT molecular complexity index is 441. The van der Waals surface area contributed by atoms with Gasteiger partial charge in [0.15, 0.2) is 0 Å². The number of rotatable bonds is 3. The van der Waals surface area contributed by atoms with Gasteiger partial charge in [-0.05, 0) is 48.0 Å². The molecule has 108 valence electrons. The van der Waals surface area contributed by atoms with Crippen LogP contribution in [0.5, 0.6) is 0 Å². The molecular formula is C15H26BrN3. The van der Waals surface area contributed by atoms with Crippen molar-refractivity contribution in [1.29, 1.82) is 0 Å². The predicted octanol–water partition coefficient (Wildman–Crippen LogP) is 3.72. The maximum Gasteiger partial charge on any atom is 0.0738 e. The van der Waals surface area contributed by atoms with E-state index in [1.54, 1.807) is 0 Å². The van der Waals surface area contributed by atoms with Crippen molar-refractivity contribution in [1.82, 2.24) is 9.78 Å². The third-order valence-electron chi connectivity index (χ3n) is 4.70. The number of nitrogens with two attached hydrogens (primary N) is 1. The zero-order chi connectivity index (χ0) is 14.0. The maximum atomic E-state index is 6.69. The van der Waals surface area contributed by atoms with Crippen LogP contribution >= 0.6 is 15.9 Å². The molecule has 1 aliphatic carbocycles. The summed E-state index contributed by atoms with van der Waals surface area (Å²) in [6, 6.07) is 0. The molecule has 3 nitrogen and oxygen atoms in total. The molecule has 2 rings (SSSR count). The van der Waals surface area contributed by atoms with Gasteiger partial charge in [0, 0.05) is 19.0 Å². The van der Waals surface area contributed by atoms with Gasteiger partial charge in [-0.15, -0.1) is 0 Å². The summed E-state index contributed by atoms with van der Waals surface area (Å²) in [5, 5.41) is 4.48. The summed E-state index contributed by atoms with van der Waals surface area (Å²) in [7, 11) is 2.02. The maximum absolute atomic E-state index is 6.69. The van der Waals surface area contributed by atoms with Crippen molar-refractivity contribution in [3.8, 4) is 0 Å². The second-order valence-electron chi connectivity index (χ2n) is 6.21. The van der Waals surface area contributed by atoms with Crippen LogP contribution < -0.4 is 5.73 Å². The first kappa shape index (κ1) is 15.0. The molecule has 4 heteroatoms. The number of aromatic nitrogens is 2. The fraction of sp³-hybridized carbons (Fsp3) is 0.800. The predicted molar refractivity (Wildman–Crippen MR) is 83.1 cm³/mol. The number of halogens is 1. The fourth-order valence-corrected chi connectivity index (χ4v) is 3.77. The van der Waals surface area contributed by atoms with Gasteiger partial charge in [0.05, 0.1) is 15.9 Å². The lowest BCUT2D eigenvalue weighted by atomic mass is 9.86. The molecule has 1 heterocycles. The van der Waals surface area contributed by atoms with E-state index in [1.165, 1.54) is 31.4 Å². The highest BCUT2D eigenvalue weighted by atomic mass is 79.9. The summed E-state index contributed by atoms with van der Waals surface area (Å²) in [6.07, 6.45) is 8.40. The Morgan fingerprint density at radius 3 is 2.74 bits per heavy atom. The zero-order valence-corrected chi connectivity index (χ0v) is 14.0. The van der Waals surface area contributed by atoms with Crippen LogP contribution in [0.3, 0.4) is 0 Å². The van der Waals surface area contributed by atoms with Crippen molar-refractivity contribution in [2.75, 3.05) is 0 Å². The standard InChI is InChI=1S/C15H26BrN3/c1-4-12-6-5-8-15(17,9-7-12)10-13-14(16)11(2)18-19(13)3/h12H,4-10,17H2,1-3H3. The number of hydrogen-bond acceptors (Lipinski definition) is 2. The van der Waals surface area contributed by atoms with Crippen molar-refractivity contribution >= 4 is 15.9 Å². The summed E-state index contributed by atoms with van der Waals surface area (Å²) in [6.45, 7) is 4.34. The molecule has 1 aromatic heterocycles. The van der Waals surface area contributed by atoms with Crippen LogP contribution in [-0.4, -0.2) is 15.3 Å². The molecule has 1 aromatic rings. The monoisotopic (exact) mass is 327 g/mol. The highest BCUT2D eigenvalue weighted by Gasteiger charge is 2.31. The minimum absolute atomic E-state index is 0.0489. The minimum atomic E-state index is -0.0489. The van der Waals surface area contributed by atoms with Gasteiger partial charge in [0.2, 0.25) is 0 Å². The van der Waals surface area contributed by atoms with Gasteiger partial charge in [0.1, 0.15) is 0 Å². The van der Waals surface area contributed by atoms with Crippen LogP contribution in [0.15, 0.2) is 4.47 Å². The normalized spacial score (nSPS) is 28.4. The van der Waals surface area contributed by atoms with Gasteiger partial charge in [-0.25, -0.2) is 0 Å². The Hall–Kier alpha value is -0.350. The van der Waals surface area contributed by atoms with E-state index in [2.05, 4.69) is 28.0 Å². The van der Waals surface area contributed by atoms with Gasteiger partial charge < -0.3 is 5.73 Å². The molecule has 0 bridgehead atoms. The third kappa shape index (κ3) is 3.40. The first-order valence-electron chi connectivity index (χ1n) is 7.42. The van der Waals surface area contributed by atoms with E-state index in [0.29, 0.717) is 0 Å². The van der Waals surface area contributed by atoms with Gasteiger partial charge >= 0.3 is 0 Å². The first-order chi connectivity index (χ1) is 8.95. The largest absolute Gasteiger partial charge is 0.325 e. The highest BCUT2D eigenvalue weighted by molar-refractivity contribution is 9.10. The molecule has 0 saturated heterocycles. The Morgan fingerprint density at radius 2 is 2.16 bits per heavy atom. The lowest BCUT2D eigenvalue weighted by Crippen LogP contribution is -2.42. The van der Waals surface area contributed by atoms with E-state index >= 15 is 0 Å². The SMILES string of the molecule is CCC1CCCC(N)(Cc2c(Br)c(C)nn2C)CC1. The average Bonchev–Trinajstić information content (AvgIpc) is 2.56. The van der Waals surface area contributed by atoms with Crippen molar-refractivity contribution in [2.24, 2.45) is 18.7 Å². The van der Waals surface area contributed by atoms with Crippen molar-refractivity contribution < 1.29 is 0 Å². The number of aryl methyl sites for hydroxylation is 2. The van der Waals surface area contributed by atoms with E-state index in [-0.39, 0.29) is 5.54 Å². The van der Waals surface area contributed by atoms with Crippen LogP contribution in [-0.2, 0) is 13.5 Å². The zero-order valence-electron chi connectivity index (χ0n) is 12.4. The topological polar surface area (TPSA) is 43.8 Å². The Balaban J connectivity index is 2.12. The Labute approximate surface area is 125 Å². The van der Waals surface area contributed by atoms with Gasteiger partial charge in [0.25, 0.3) is 0 Å². The highest BCUT2D eigenvalue weighted by Crippen LogP contribution is 2.34. The molecule has 2 atom stereocenters. The molecule has 19 heavy (non-hydrogen) atoms. The van der Waals surface area contributed by atoms with Crippen LogP contribution in [0.2, 0.25) is 0 Å². The molecule has 1 aliphatic rings. The lowest BCUT2D eigenvalue weighted by Gasteiger charge is -2.28. The molecule has 2 unspecified atom stereocenters. The Morgan fingerprint density at radius 1 is 1.42 bits per heavy atom. The van der Waals surface area contributed by atoms with E-state index < -0.39 is 0 Å². The molecule has 1 saturated carbocycles. The summed E-state index contributed by atoms with van der Waals surface area (Å²) in [5.41, 5.74) is 8.95. The average molecular weight is 328 g/mol. The molecule has 0 spiro atoms. The van der Waals surface area contributed by atoms with Gasteiger partial charge in [-0.2, -0.15) is 5.10 Å². The third-order valence-corrected chi connectivity index (χ3v) is 5.73. The molecule has 0 radical (unpaired) electrons. The molecule has 1 fully saturated rings. The smallest absolute Gasteiger partial charge is 0.0738 e. The van der Waals surface area contributed by atoms with E-state index in [1.807, 2.05) is 18.7 Å². The van der Waals surface area contributed by atoms with Crippen LogP contribution in [0.4, 0.5) is 0 Å². The second kappa shape index (κ2) is 5.96. The number of nitrogens with zero attached hydrogens (tertiary/aromatic N) is 2. The van der Waals surface area contributed by atoms with E-state index in [9.17, 15) is 0 Å². The quantitative estimate of drug-likeness (QED) is 0.860. The van der Waals surface area contributed by atoms with Crippen LogP contribution in [0.25, 0.3) is 0 Å². The summed E-state index contributed by atoms with van der Waals surface area (Å²) in [5.74, 6) is 0.877. The van der Waals surface area contributed by atoms with Crippen molar-refractivity contribution in [3.05, 3.63) is 15.9 Å². The van der Waals surface area contributed by atoms with Gasteiger partial charge in [-0.1, -0.05) is 26.2 Å². The lowest BCUT2D eigenvalue weighted by molar-refractivity contribution is 0.350. The summed E-state index contributed by atoms with van der Waals surface area (Å²) < 4.78 is 3.12. The molecule has 0 aliphatic heterocycles. The molecule has 0 amide bonds. The van der Waals surface area contributed by atoms with E-state index in [0.717, 1.165) is 35.3 Å².